The van der Waals surface area contributed by atoms with Gasteiger partial charge < -0.3 is 18.9 Å². The highest BCUT2D eigenvalue weighted by Crippen LogP contribution is 2.68. The maximum atomic E-state index is 15.4. The van der Waals surface area contributed by atoms with Gasteiger partial charge >= 0.3 is 0 Å². The van der Waals surface area contributed by atoms with Crippen LogP contribution >= 0.6 is 63.7 Å². The van der Waals surface area contributed by atoms with Gasteiger partial charge in [-0.2, -0.15) is 0 Å². The van der Waals surface area contributed by atoms with Gasteiger partial charge in [0.15, 0.2) is 11.6 Å². The van der Waals surface area contributed by atoms with Crippen molar-refractivity contribution in [1.29, 1.82) is 0 Å². The second kappa shape index (κ2) is 18.1. The number of ether oxygens (including phenoxy) is 4. The Morgan fingerprint density at radius 3 is 1.56 bits per heavy atom. The van der Waals surface area contributed by atoms with E-state index in [-0.39, 0.29) is 17.0 Å². The molecular weight excluding hydrogens is 1090 g/mol. The summed E-state index contributed by atoms with van der Waals surface area (Å²) in [6.45, 7) is 15.7. The van der Waals surface area contributed by atoms with Crippen LogP contribution in [0.2, 0.25) is 0 Å². The zero-order chi connectivity index (χ0) is 47.7. The Morgan fingerprint density at radius 2 is 1.06 bits per heavy atom. The summed E-state index contributed by atoms with van der Waals surface area (Å²) < 4.78 is 28.6. The van der Waals surface area contributed by atoms with Crippen molar-refractivity contribution < 1.29 is 28.5 Å². The van der Waals surface area contributed by atoms with Gasteiger partial charge in [-0.15, -0.1) is 0 Å². The summed E-state index contributed by atoms with van der Waals surface area (Å²) in [5, 5.41) is 0. The van der Waals surface area contributed by atoms with Crippen LogP contribution in [-0.2, 0) is 10.8 Å². The van der Waals surface area contributed by atoms with Crippen molar-refractivity contribution in [3.63, 3.8) is 0 Å². The molecular formula is C56H60Br4O6. The van der Waals surface area contributed by atoms with E-state index in [9.17, 15) is 4.79 Å². The lowest BCUT2D eigenvalue weighted by atomic mass is 9.59. The van der Waals surface area contributed by atoms with Gasteiger partial charge in [-0.25, -0.2) is 0 Å². The minimum Gasteiger partial charge on any atom is -0.497 e. The van der Waals surface area contributed by atoms with Gasteiger partial charge in [0.25, 0.3) is 0 Å². The molecule has 10 heteroatoms. The number of hydrogen-bond donors (Lipinski definition) is 0. The zero-order valence-electron chi connectivity index (χ0n) is 39.5. The van der Waals surface area contributed by atoms with Gasteiger partial charge in [0.2, 0.25) is 0 Å². The smallest absolute Gasteiger partial charge is 0.176 e. The number of hydrogen-bond acceptors (Lipinski definition) is 6. The Bertz CT molecular complexity index is 2610. The van der Waals surface area contributed by atoms with Crippen LogP contribution in [0.5, 0.6) is 23.0 Å². The van der Waals surface area contributed by atoms with Gasteiger partial charge in [-0.3, -0.25) is 9.59 Å². The van der Waals surface area contributed by atoms with E-state index >= 15 is 4.79 Å². The lowest BCUT2D eigenvalue weighted by molar-refractivity contribution is -0.106. The maximum Gasteiger partial charge on any atom is 0.176 e. The third kappa shape index (κ3) is 8.23. The third-order valence-electron chi connectivity index (χ3n) is 16.3. The van der Waals surface area contributed by atoms with Crippen molar-refractivity contribution in [2.45, 2.75) is 110 Å². The van der Waals surface area contributed by atoms with E-state index in [0.29, 0.717) is 28.5 Å². The first kappa shape index (κ1) is 49.0. The fourth-order valence-electron chi connectivity index (χ4n) is 12.2. The highest BCUT2D eigenvalue weighted by Gasteiger charge is 2.63. The molecule has 348 valence electrons. The highest BCUT2D eigenvalue weighted by molar-refractivity contribution is 9.11. The topological polar surface area (TPSA) is 71.1 Å². The Morgan fingerprint density at radius 1 is 0.591 bits per heavy atom. The molecule has 66 heavy (non-hydrogen) atoms. The normalized spacial score (nSPS) is 22.4. The predicted octanol–water partition coefficient (Wildman–Crippen LogP) is 15.9. The Labute approximate surface area is 424 Å². The van der Waals surface area contributed by atoms with E-state index in [0.717, 1.165) is 64.7 Å². The number of ketones is 2. The van der Waals surface area contributed by atoms with Crippen LogP contribution in [0.3, 0.4) is 0 Å². The van der Waals surface area contributed by atoms with Crippen molar-refractivity contribution in [1.82, 2.24) is 0 Å². The highest BCUT2D eigenvalue weighted by atomic mass is 79.9. The molecule has 0 spiro atoms. The molecule has 3 saturated carbocycles. The summed E-state index contributed by atoms with van der Waals surface area (Å²) in [5.74, 6) is 5.51. The lowest BCUT2D eigenvalue weighted by Gasteiger charge is -2.51. The van der Waals surface area contributed by atoms with Crippen LogP contribution in [-0.4, -0.2) is 37.0 Å². The molecule has 3 fully saturated rings. The predicted molar refractivity (Wildman–Crippen MR) is 278 cm³/mol. The molecule has 0 N–H and O–H groups in total. The van der Waals surface area contributed by atoms with Gasteiger partial charge in [0.1, 0.15) is 39.6 Å². The fraction of sp³-hybridized carbons (Fsp3) is 0.429. The number of Topliss-reactive ketones (excluding diaryl/α,β-unsaturated/α-hetero) is 2. The van der Waals surface area contributed by atoms with E-state index in [1.54, 1.807) is 38.5 Å². The van der Waals surface area contributed by atoms with Gasteiger partial charge in [0.05, 0.1) is 32.1 Å². The average Bonchev–Trinajstić information content (AvgIpc) is 4.02. The van der Waals surface area contributed by atoms with Crippen LogP contribution < -0.4 is 18.9 Å². The molecule has 0 amide bonds. The quantitative estimate of drug-likeness (QED) is 0.0973. The zero-order valence-corrected chi connectivity index (χ0v) is 45.9. The van der Waals surface area contributed by atoms with Crippen molar-refractivity contribution in [3.8, 4) is 23.0 Å². The molecule has 0 radical (unpaired) electrons. The van der Waals surface area contributed by atoms with Gasteiger partial charge in [-0.05, 0) is 225 Å². The van der Waals surface area contributed by atoms with E-state index in [2.05, 4.69) is 150 Å². The summed E-state index contributed by atoms with van der Waals surface area (Å²) in [6.07, 6.45) is 6.44. The molecule has 8 rings (SSSR count). The minimum absolute atomic E-state index is 0.0663. The first-order chi connectivity index (χ1) is 31.1. The fourth-order valence-corrected chi connectivity index (χ4v) is 15.0. The first-order valence-electron chi connectivity index (χ1n) is 22.9. The number of rotatable bonds is 15. The summed E-state index contributed by atoms with van der Waals surface area (Å²) in [7, 11) is 3.38. The molecule has 5 aromatic carbocycles. The number of carbonyl (C=O) groups is 2. The van der Waals surface area contributed by atoms with Crippen LogP contribution in [0.4, 0.5) is 0 Å². The molecule has 0 aliphatic heterocycles. The van der Waals surface area contributed by atoms with E-state index in [1.165, 1.54) is 43.7 Å². The molecule has 2 bridgehead atoms. The number of fused-ring (bicyclic) bond motifs is 5. The molecule has 3 aliphatic carbocycles. The molecule has 6 nitrogen and oxygen atoms in total. The maximum absolute atomic E-state index is 15.4. The second-order valence-corrected chi connectivity index (χ2v) is 23.9. The van der Waals surface area contributed by atoms with Crippen LogP contribution in [0.1, 0.15) is 130 Å². The molecule has 3 aliphatic rings. The lowest BCUT2D eigenvalue weighted by Crippen LogP contribution is -2.64. The van der Waals surface area contributed by atoms with E-state index in [4.69, 9.17) is 18.9 Å². The van der Waals surface area contributed by atoms with Gasteiger partial charge in [-0.1, -0.05) is 68.8 Å². The summed E-state index contributed by atoms with van der Waals surface area (Å²) in [4.78, 5) is 27.7. The monoisotopic (exact) mass is 1140 g/mol. The molecule has 0 saturated heterocycles. The number of halogens is 4. The number of benzene rings is 5. The molecule has 6 unspecified atom stereocenters. The summed E-state index contributed by atoms with van der Waals surface area (Å²) >= 11 is 15.1. The van der Waals surface area contributed by atoms with E-state index in [1.807, 2.05) is 34.6 Å². The van der Waals surface area contributed by atoms with Crippen LogP contribution in [0, 0.1) is 29.1 Å². The number of carbonyl (C=O) groups excluding carboxylic acids is 2. The van der Waals surface area contributed by atoms with Crippen molar-refractivity contribution in [2.24, 2.45) is 29.1 Å². The first-order valence-corrected chi connectivity index (χ1v) is 26.1. The van der Waals surface area contributed by atoms with Crippen molar-refractivity contribution in [2.75, 3.05) is 14.2 Å². The Hall–Kier alpha value is -3.44. The van der Waals surface area contributed by atoms with Crippen molar-refractivity contribution in [3.05, 3.63) is 148 Å². The average molecular weight is 1150 g/mol. The second-order valence-electron chi connectivity index (χ2n) is 20.5. The summed E-state index contributed by atoms with van der Waals surface area (Å²) in [6, 6.07) is 32.7. The third-order valence-corrected chi connectivity index (χ3v) is 18.6. The Balaban J connectivity index is 1.15. The Kier molecular flexibility index (Phi) is 13.5. The number of methoxy groups -OCH3 is 2. The van der Waals surface area contributed by atoms with Gasteiger partial charge in [0, 0.05) is 22.0 Å². The van der Waals surface area contributed by atoms with E-state index < -0.39 is 22.0 Å². The largest absolute Gasteiger partial charge is 0.497 e. The molecule has 5 aromatic rings. The molecule has 0 aromatic heterocycles. The van der Waals surface area contributed by atoms with Crippen molar-refractivity contribution >= 4 is 75.3 Å². The molecule has 0 heterocycles. The standard InChI is InChI=1S/C56H60Br4O6/c1-32(61)33-14-16-34(17-15-33)51(62)55(8,54(6,7)66-50-47(59)29-39(30-48(50)60)52(2,3)38-27-45(57)49(64-10)46(58)28-38)53(4,5)65-41-24-20-37(21-25-41)56(36-18-22-40(63-9)23-19-36)31-35-26-44(56)43-13-11-12-42(35)43/h14-25,27-30,35,42-44H,11-13,26,31H2,1-10H3. The van der Waals surface area contributed by atoms with Crippen LogP contribution in [0.25, 0.3) is 0 Å². The van der Waals surface area contributed by atoms with Crippen LogP contribution in [0.15, 0.2) is 115 Å². The SMILES string of the molecule is COc1ccc(C2(c3ccc(OC(C)(C)C(C)(C(=O)c4ccc(C(C)=O)cc4)C(C)(C)Oc4c(Br)cc(C(C)(C)c5cc(Br)c(OC)c(Br)c5)cc4Br)cc3)CC3CC2C2CCCC32)cc1. The minimum atomic E-state index is -1.32. The molecule has 6 atom stereocenters. The summed E-state index contributed by atoms with van der Waals surface area (Å²) in [5.41, 5.74) is 1.63.